The van der Waals surface area contributed by atoms with E-state index in [1.54, 1.807) is 6.20 Å². The molecule has 1 saturated heterocycles. The van der Waals surface area contributed by atoms with Crippen molar-refractivity contribution in [1.82, 2.24) is 20.4 Å². The van der Waals surface area contributed by atoms with Crippen LogP contribution in [0.2, 0.25) is 0 Å². The monoisotopic (exact) mass is 264 g/mol. The van der Waals surface area contributed by atoms with Crippen molar-refractivity contribution in [2.24, 2.45) is 12.5 Å². The second kappa shape index (κ2) is 5.74. The molecule has 1 aromatic heterocycles. The Labute approximate surface area is 114 Å². The van der Waals surface area contributed by atoms with E-state index in [0.717, 1.165) is 31.5 Å². The Hall–Kier alpha value is -1.36. The Kier molecular flexibility index (Phi) is 4.24. The summed E-state index contributed by atoms with van der Waals surface area (Å²) in [4.78, 5) is 12.2. The van der Waals surface area contributed by atoms with Gasteiger partial charge in [0.15, 0.2) is 0 Å². The van der Waals surface area contributed by atoms with Gasteiger partial charge < -0.3 is 10.6 Å². The molecule has 1 aromatic rings. The zero-order valence-electron chi connectivity index (χ0n) is 12.1. The summed E-state index contributed by atoms with van der Waals surface area (Å²) >= 11 is 0. The number of aryl methyl sites for hydroxylation is 1. The van der Waals surface area contributed by atoms with E-state index in [9.17, 15) is 4.79 Å². The number of amides is 1. The third-order valence-corrected chi connectivity index (χ3v) is 3.99. The van der Waals surface area contributed by atoms with Gasteiger partial charge in [-0.1, -0.05) is 13.8 Å². The van der Waals surface area contributed by atoms with Crippen LogP contribution in [0.15, 0.2) is 12.3 Å². The number of hydrogen-bond donors (Lipinski definition) is 2. The van der Waals surface area contributed by atoms with Crippen molar-refractivity contribution < 1.29 is 4.79 Å². The van der Waals surface area contributed by atoms with E-state index in [4.69, 9.17) is 0 Å². The van der Waals surface area contributed by atoms with Gasteiger partial charge in [0.05, 0.1) is 6.04 Å². The molecule has 0 aromatic carbocycles. The number of piperidine rings is 1. The largest absolute Gasteiger partial charge is 0.354 e. The Bertz CT molecular complexity index is 438. The molecule has 5 heteroatoms. The number of carbonyl (C=O) groups excluding carboxylic acids is 1. The number of aromatic nitrogens is 2. The molecule has 0 spiro atoms. The predicted molar refractivity (Wildman–Crippen MR) is 74.7 cm³/mol. The van der Waals surface area contributed by atoms with Crippen molar-refractivity contribution in [2.75, 3.05) is 13.1 Å². The van der Waals surface area contributed by atoms with Gasteiger partial charge in [0, 0.05) is 31.9 Å². The van der Waals surface area contributed by atoms with E-state index in [0.29, 0.717) is 6.54 Å². The van der Waals surface area contributed by atoms with Crippen molar-refractivity contribution in [3.05, 3.63) is 18.0 Å². The van der Waals surface area contributed by atoms with Gasteiger partial charge in [0.2, 0.25) is 5.91 Å². The average Bonchev–Trinajstić information content (AvgIpc) is 2.74. The first-order valence-electron chi connectivity index (χ1n) is 6.99. The second-order valence-corrected chi connectivity index (χ2v) is 5.97. The maximum absolute atomic E-state index is 12.2. The fourth-order valence-electron chi connectivity index (χ4n) is 2.72. The minimum atomic E-state index is -0.0761. The highest BCUT2D eigenvalue weighted by molar-refractivity contribution is 5.82. The molecule has 0 aliphatic carbocycles. The number of nitrogens with zero attached hydrogens (tertiary/aromatic N) is 2. The van der Waals surface area contributed by atoms with Gasteiger partial charge in [0.1, 0.15) is 0 Å². The molecule has 106 valence electrons. The van der Waals surface area contributed by atoms with Crippen molar-refractivity contribution >= 4 is 5.91 Å². The highest BCUT2D eigenvalue weighted by atomic mass is 16.2. The standard InChI is InChI=1S/C14H24N4O/c1-14(2)7-4-8-15-12(14)13(19)16-9-5-11-6-10-17-18(11)3/h6,10,12,15H,4-5,7-9H2,1-3H3,(H,16,19). The second-order valence-electron chi connectivity index (χ2n) is 5.97. The Morgan fingerprint density at radius 3 is 3.05 bits per heavy atom. The zero-order chi connectivity index (χ0) is 13.9. The summed E-state index contributed by atoms with van der Waals surface area (Å²) in [5.74, 6) is 0.117. The molecule has 1 aliphatic rings. The number of hydrogen-bond acceptors (Lipinski definition) is 3. The molecule has 19 heavy (non-hydrogen) atoms. The van der Waals surface area contributed by atoms with Gasteiger partial charge in [-0.05, 0) is 30.9 Å². The molecule has 1 unspecified atom stereocenters. The molecule has 1 atom stereocenters. The maximum Gasteiger partial charge on any atom is 0.237 e. The van der Waals surface area contributed by atoms with Gasteiger partial charge in [-0.25, -0.2) is 0 Å². The van der Waals surface area contributed by atoms with Gasteiger partial charge >= 0.3 is 0 Å². The highest BCUT2D eigenvalue weighted by Crippen LogP contribution is 2.29. The maximum atomic E-state index is 12.2. The Balaban J connectivity index is 1.82. The quantitative estimate of drug-likeness (QED) is 0.848. The van der Waals surface area contributed by atoms with Crippen molar-refractivity contribution in [3.8, 4) is 0 Å². The van der Waals surface area contributed by atoms with Crippen LogP contribution in [0.4, 0.5) is 0 Å². The topological polar surface area (TPSA) is 59.0 Å². The summed E-state index contributed by atoms with van der Waals surface area (Å²) in [7, 11) is 1.92. The Morgan fingerprint density at radius 1 is 1.63 bits per heavy atom. The van der Waals surface area contributed by atoms with Crippen LogP contribution in [0, 0.1) is 5.41 Å². The molecule has 5 nitrogen and oxygen atoms in total. The lowest BCUT2D eigenvalue weighted by Gasteiger charge is -2.38. The van der Waals surface area contributed by atoms with Gasteiger partial charge in [-0.15, -0.1) is 0 Å². The summed E-state index contributed by atoms with van der Waals surface area (Å²) in [5, 5.41) is 10.5. The summed E-state index contributed by atoms with van der Waals surface area (Å²) < 4.78 is 1.84. The van der Waals surface area contributed by atoms with Crippen LogP contribution in [0.1, 0.15) is 32.4 Å². The summed E-state index contributed by atoms with van der Waals surface area (Å²) in [5.41, 5.74) is 1.17. The number of rotatable bonds is 4. The third kappa shape index (κ3) is 3.35. The van der Waals surface area contributed by atoms with E-state index in [1.165, 1.54) is 0 Å². The van der Waals surface area contributed by atoms with Crippen LogP contribution in [-0.4, -0.2) is 34.8 Å². The molecule has 1 amide bonds. The van der Waals surface area contributed by atoms with Crippen LogP contribution in [-0.2, 0) is 18.3 Å². The first-order valence-corrected chi connectivity index (χ1v) is 6.99. The van der Waals surface area contributed by atoms with Crippen LogP contribution in [0.5, 0.6) is 0 Å². The first kappa shape index (κ1) is 14.1. The van der Waals surface area contributed by atoms with Gasteiger partial charge in [-0.3, -0.25) is 9.48 Å². The molecular formula is C14H24N4O. The number of carbonyl (C=O) groups is 1. The van der Waals surface area contributed by atoms with E-state index >= 15 is 0 Å². The molecule has 0 bridgehead atoms. The van der Waals surface area contributed by atoms with E-state index in [2.05, 4.69) is 29.6 Å². The molecule has 2 heterocycles. The lowest BCUT2D eigenvalue weighted by molar-refractivity contribution is -0.126. The van der Waals surface area contributed by atoms with Gasteiger partial charge in [-0.2, -0.15) is 5.10 Å². The Morgan fingerprint density at radius 2 is 2.42 bits per heavy atom. The first-order chi connectivity index (χ1) is 9.00. The van der Waals surface area contributed by atoms with E-state index in [-0.39, 0.29) is 17.4 Å². The lowest BCUT2D eigenvalue weighted by Crippen LogP contribution is -2.55. The summed E-state index contributed by atoms with van der Waals surface area (Å²) in [6.45, 7) is 5.91. The third-order valence-electron chi connectivity index (χ3n) is 3.99. The smallest absolute Gasteiger partial charge is 0.237 e. The predicted octanol–water partition coefficient (Wildman–Crippen LogP) is 0.857. The molecule has 0 radical (unpaired) electrons. The van der Waals surface area contributed by atoms with Crippen LogP contribution >= 0.6 is 0 Å². The van der Waals surface area contributed by atoms with E-state index in [1.807, 2.05) is 17.8 Å². The van der Waals surface area contributed by atoms with Crippen molar-refractivity contribution in [3.63, 3.8) is 0 Å². The molecule has 1 aliphatic heterocycles. The minimum absolute atomic E-state index is 0.0366. The fourth-order valence-corrected chi connectivity index (χ4v) is 2.72. The summed E-state index contributed by atoms with van der Waals surface area (Å²) in [6.07, 6.45) is 4.84. The van der Waals surface area contributed by atoms with Crippen LogP contribution in [0.25, 0.3) is 0 Å². The SMILES string of the molecule is Cn1nccc1CCNC(=O)C1NCCCC1(C)C. The molecule has 2 N–H and O–H groups in total. The minimum Gasteiger partial charge on any atom is -0.354 e. The molecular weight excluding hydrogens is 240 g/mol. The fraction of sp³-hybridized carbons (Fsp3) is 0.714. The van der Waals surface area contributed by atoms with Crippen LogP contribution in [0.3, 0.4) is 0 Å². The van der Waals surface area contributed by atoms with Crippen LogP contribution < -0.4 is 10.6 Å². The molecule has 0 saturated carbocycles. The van der Waals surface area contributed by atoms with Gasteiger partial charge in [0.25, 0.3) is 0 Å². The normalized spacial score (nSPS) is 22.2. The highest BCUT2D eigenvalue weighted by Gasteiger charge is 2.36. The summed E-state index contributed by atoms with van der Waals surface area (Å²) in [6, 6.07) is 1.90. The van der Waals surface area contributed by atoms with Crippen molar-refractivity contribution in [2.45, 2.75) is 39.2 Å². The lowest BCUT2D eigenvalue weighted by atomic mass is 9.77. The average molecular weight is 264 g/mol. The van der Waals surface area contributed by atoms with Crippen molar-refractivity contribution in [1.29, 1.82) is 0 Å². The molecule has 1 fully saturated rings. The number of nitrogens with one attached hydrogen (secondary N) is 2. The van der Waals surface area contributed by atoms with E-state index < -0.39 is 0 Å². The zero-order valence-corrected chi connectivity index (χ0v) is 12.1. The molecule has 2 rings (SSSR count).